The number of ketones is 1. The molecule has 1 aliphatic carbocycles. The van der Waals surface area contributed by atoms with Gasteiger partial charge in [0.2, 0.25) is 11.9 Å². The lowest BCUT2D eigenvalue weighted by atomic mass is 9.79. The van der Waals surface area contributed by atoms with Crippen LogP contribution in [0.15, 0.2) is 36.5 Å². The van der Waals surface area contributed by atoms with Crippen LogP contribution in [0.2, 0.25) is 0 Å². The minimum Gasteiger partial charge on any atom is -0.368 e. The lowest BCUT2D eigenvalue weighted by Gasteiger charge is -2.26. The van der Waals surface area contributed by atoms with Crippen LogP contribution >= 0.6 is 0 Å². The summed E-state index contributed by atoms with van der Waals surface area (Å²) in [6, 6.07) is 7.31. The average Bonchev–Trinajstić information content (AvgIpc) is 2.61. The molecule has 2 N–H and O–H groups in total. The smallest absolute Gasteiger partial charge is 0.220 e. The Hall–Kier alpha value is -3.22. The summed E-state index contributed by atoms with van der Waals surface area (Å²) >= 11 is 0. The van der Waals surface area contributed by atoms with Crippen LogP contribution in [0, 0.1) is 18.7 Å². The van der Waals surface area contributed by atoms with E-state index in [-0.39, 0.29) is 29.6 Å². The molecule has 7 heteroatoms. The van der Waals surface area contributed by atoms with Crippen molar-refractivity contribution in [2.24, 2.45) is 0 Å². The molecule has 0 amide bonds. The number of halogens is 2. The number of hydrogen-bond acceptors (Lipinski definition) is 5. The number of pyridine rings is 1. The predicted molar refractivity (Wildman–Crippen MR) is 96.2 cm³/mol. The van der Waals surface area contributed by atoms with E-state index in [9.17, 15) is 13.6 Å². The van der Waals surface area contributed by atoms with E-state index in [0.29, 0.717) is 34.5 Å². The molecule has 27 heavy (non-hydrogen) atoms. The third-order valence-electron chi connectivity index (χ3n) is 4.84. The third-order valence-corrected chi connectivity index (χ3v) is 4.84. The minimum absolute atomic E-state index is 0.0966. The molecule has 0 saturated heterocycles. The first kappa shape index (κ1) is 17.2. The minimum atomic E-state index is -0.686. The number of aryl methyl sites for hydroxylation is 1. The Morgan fingerprint density at radius 1 is 1.11 bits per heavy atom. The molecular weight excluding hydrogens is 350 g/mol. The highest BCUT2D eigenvalue weighted by molar-refractivity contribution is 6.00. The van der Waals surface area contributed by atoms with Crippen molar-refractivity contribution in [3.05, 3.63) is 70.8 Å². The van der Waals surface area contributed by atoms with Crippen molar-refractivity contribution in [1.29, 1.82) is 0 Å². The number of Topliss-reactive ketones (excluding diaryl/α,β-unsaturated/α-hetero) is 1. The van der Waals surface area contributed by atoms with Crippen LogP contribution in [0.4, 0.5) is 14.7 Å². The Balaban J connectivity index is 1.83. The molecule has 0 bridgehead atoms. The van der Waals surface area contributed by atoms with Gasteiger partial charge in [0.05, 0.1) is 17.0 Å². The Kier molecular flexibility index (Phi) is 4.14. The van der Waals surface area contributed by atoms with Crippen molar-refractivity contribution < 1.29 is 13.6 Å². The Morgan fingerprint density at radius 2 is 1.93 bits per heavy atom. The Labute approximate surface area is 154 Å². The van der Waals surface area contributed by atoms with Gasteiger partial charge in [0, 0.05) is 18.2 Å². The van der Waals surface area contributed by atoms with Gasteiger partial charge in [0.15, 0.2) is 5.78 Å². The van der Waals surface area contributed by atoms with Crippen molar-refractivity contribution in [1.82, 2.24) is 15.0 Å². The van der Waals surface area contributed by atoms with E-state index in [2.05, 4.69) is 15.0 Å². The van der Waals surface area contributed by atoms with Crippen molar-refractivity contribution in [3.63, 3.8) is 0 Å². The zero-order valence-electron chi connectivity index (χ0n) is 14.5. The van der Waals surface area contributed by atoms with Crippen molar-refractivity contribution in [2.75, 3.05) is 5.73 Å². The van der Waals surface area contributed by atoms with Gasteiger partial charge in [-0.25, -0.2) is 19.3 Å². The van der Waals surface area contributed by atoms with Gasteiger partial charge >= 0.3 is 0 Å². The molecule has 0 fully saturated rings. The van der Waals surface area contributed by atoms with Crippen molar-refractivity contribution in [2.45, 2.75) is 25.7 Å². The fraction of sp³-hybridized carbons (Fsp3) is 0.200. The fourth-order valence-corrected chi connectivity index (χ4v) is 3.72. The number of carbonyl (C=O) groups is 1. The molecule has 1 aliphatic rings. The van der Waals surface area contributed by atoms with Crippen molar-refractivity contribution in [3.8, 4) is 11.1 Å². The third kappa shape index (κ3) is 3.05. The largest absolute Gasteiger partial charge is 0.368 e. The van der Waals surface area contributed by atoms with Gasteiger partial charge in [-0.05, 0) is 54.7 Å². The Morgan fingerprint density at radius 3 is 2.70 bits per heavy atom. The summed E-state index contributed by atoms with van der Waals surface area (Å²) in [6.07, 6.45) is 1.98. The topological polar surface area (TPSA) is 81.8 Å². The summed E-state index contributed by atoms with van der Waals surface area (Å²) in [6.45, 7) is 1.73. The highest BCUT2D eigenvalue weighted by Crippen LogP contribution is 2.38. The van der Waals surface area contributed by atoms with Gasteiger partial charge in [-0.15, -0.1) is 0 Å². The number of nitrogens with zero attached hydrogens (tertiary/aromatic N) is 3. The van der Waals surface area contributed by atoms with Crippen LogP contribution in [-0.4, -0.2) is 20.7 Å². The van der Waals surface area contributed by atoms with Crippen molar-refractivity contribution >= 4 is 11.7 Å². The maximum atomic E-state index is 14.2. The summed E-state index contributed by atoms with van der Waals surface area (Å²) in [7, 11) is 0. The van der Waals surface area contributed by atoms with Gasteiger partial charge in [0.25, 0.3) is 0 Å². The summed E-state index contributed by atoms with van der Waals surface area (Å²) < 4.78 is 28.1. The first-order chi connectivity index (χ1) is 12.9. The first-order valence-corrected chi connectivity index (χ1v) is 8.50. The molecular formula is C20H16F2N4O. The predicted octanol–water partition coefficient (Wildman–Crippen LogP) is 3.62. The second-order valence-electron chi connectivity index (χ2n) is 6.59. The molecule has 0 radical (unpaired) electrons. The number of anilines is 1. The maximum absolute atomic E-state index is 14.2. The molecule has 136 valence electrons. The van der Waals surface area contributed by atoms with Crippen LogP contribution in [0.1, 0.15) is 39.6 Å². The lowest BCUT2D eigenvalue weighted by Crippen LogP contribution is -2.23. The van der Waals surface area contributed by atoms with Gasteiger partial charge in [-0.1, -0.05) is 6.07 Å². The monoisotopic (exact) mass is 366 g/mol. The van der Waals surface area contributed by atoms with E-state index in [1.165, 1.54) is 18.3 Å². The molecule has 1 aromatic carbocycles. The Bertz CT molecular complexity index is 1070. The second-order valence-corrected chi connectivity index (χ2v) is 6.59. The van der Waals surface area contributed by atoms with E-state index in [0.717, 1.165) is 0 Å². The fourth-order valence-electron chi connectivity index (χ4n) is 3.72. The molecule has 3 aromatic rings. The SMILES string of the molecule is Cc1nc(N)nc2c1C(=O)C[C@H](c1ccc(F)cc1-c1cccnc1F)C2. The van der Waals surface area contributed by atoms with Crippen LogP contribution in [0.5, 0.6) is 0 Å². The van der Waals surface area contributed by atoms with Crippen LogP contribution < -0.4 is 5.73 Å². The van der Waals surface area contributed by atoms with Gasteiger partial charge < -0.3 is 5.73 Å². The quantitative estimate of drug-likeness (QED) is 0.701. The van der Waals surface area contributed by atoms with Crippen LogP contribution in [-0.2, 0) is 6.42 Å². The molecule has 2 aromatic heterocycles. The number of carbonyl (C=O) groups excluding carboxylic acids is 1. The number of hydrogen-bond donors (Lipinski definition) is 1. The number of nitrogens with two attached hydrogens (primary N) is 1. The molecule has 0 spiro atoms. The summed E-state index contributed by atoms with van der Waals surface area (Å²) in [5.41, 5.74) is 8.62. The van der Waals surface area contributed by atoms with Crippen LogP contribution in [0.3, 0.4) is 0 Å². The molecule has 5 nitrogen and oxygen atoms in total. The molecule has 1 atom stereocenters. The maximum Gasteiger partial charge on any atom is 0.220 e. The van der Waals surface area contributed by atoms with E-state index in [1.807, 2.05) is 0 Å². The summed E-state index contributed by atoms with van der Waals surface area (Å²) in [5.74, 6) is -1.43. The van der Waals surface area contributed by atoms with E-state index >= 15 is 0 Å². The molecule has 4 rings (SSSR count). The second kappa shape index (κ2) is 6.50. The summed E-state index contributed by atoms with van der Waals surface area (Å²) in [5, 5.41) is 0. The highest BCUT2D eigenvalue weighted by Gasteiger charge is 2.31. The van der Waals surface area contributed by atoms with Gasteiger partial charge in [-0.2, -0.15) is 4.39 Å². The number of aromatic nitrogens is 3. The van der Waals surface area contributed by atoms with E-state index in [1.54, 1.807) is 25.1 Å². The standard InChI is InChI=1S/C20H16F2N4O/c1-10-18-16(26-20(23)25-10)7-11(8-17(18)27)13-5-4-12(21)9-15(13)14-3-2-6-24-19(14)22/h2-6,9,11H,7-8H2,1H3,(H2,23,25,26)/t11-/m1/s1. The van der Waals surface area contributed by atoms with Crippen LogP contribution in [0.25, 0.3) is 11.1 Å². The van der Waals surface area contributed by atoms with Gasteiger partial charge in [0.1, 0.15) is 5.82 Å². The van der Waals surface area contributed by atoms with Gasteiger partial charge in [-0.3, -0.25) is 4.79 Å². The number of benzene rings is 1. The van der Waals surface area contributed by atoms with E-state index in [4.69, 9.17) is 5.73 Å². The molecule has 2 heterocycles. The zero-order valence-corrected chi connectivity index (χ0v) is 14.5. The van der Waals surface area contributed by atoms with E-state index < -0.39 is 11.8 Å². The molecule has 0 unspecified atom stereocenters. The number of fused-ring (bicyclic) bond motifs is 1. The first-order valence-electron chi connectivity index (χ1n) is 8.50. The zero-order chi connectivity index (χ0) is 19.1. The molecule has 0 aliphatic heterocycles. The number of nitrogen functional groups attached to an aromatic ring is 1. The summed E-state index contributed by atoms with van der Waals surface area (Å²) in [4.78, 5) is 24.6. The lowest BCUT2D eigenvalue weighted by molar-refractivity contribution is 0.0962. The molecule has 0 saturated carbocycles. The highest BCUT2D eigenvalue weighted by atomic mass is 19.1. The normalized spacial score (nSPS) is 16.3. The average molecular weight is 366 g/mol. The number of rotatable bonds is 2.